The summed E-state index contributed by atoms with van der Waals surface area (Å²) < 4.78 is 6.92. The van der Waals surface area contributed by atoms with E-state index in [0.717, 1.165) is 48.4 Å². The summed E-state index contributed by atoms with van der Waals surface area (Å²) in [6.07, 6.45) is 5.50. The third kappa shape index (κ3) is 6.81. The Morgan fingerprint density at radius 3 is 2.68 bits per heavy atom. The summed E-state index contributed by atoms with van der Waals surface area (Å²) in [5.41, 5.74) is 4.01. The number of benzene rings is 1. The second-order valence-corrected chi connectivity index (χ2v) is 9.11. The Balaban J connectivity index is 1.75. The lowest BCUT2D eigenvalue weighted by Gasteiger charge is -2.26. The van der Waals surface area contributed by atoms with Gasteiger partial charge < -0.3 is 20.3 Å². The zero-order valence-corrected chi connectivity index (χ0v) is 21.2. The summed E-state index contributed by atoms with van der Waals surface area (Å²) in [4.78, 5) is 27.5. The number of hydrogen-bond donors (Lipinski definition) is 2. The maximum absolute atomic E-state index is 12.9. The van der Waals surface area contributed by atoms with Gasteiger partial charge in [-0.2, -0.15) is 5.10 Å². The molecule has 0 atom stereocenters. The van der Waals surface area contributed by atoms with Crippen LogP contribution in [0.25, 0.3) is 0 Å². The molecule has 0 fully saturated rings. The fraction of sp³-hybridized carbons (Fsp3) is 0.560. The molecule has 186 valence electrons. The van der Waals surface area contributed by atoms with Crippen molar-refractivity contribution in [3.63, 3.8) is 0 Å². The first-order valence-corrected chi connectivity index (χ1v) is 12.4. The molecule has 9 heteroatoms. The highest BCUT2D eigenvalue weighted by Crippen LogP contribution is 2.24. The fourth-order valence-corrected chi connectivity index (χ4v) is 4.39. The average molecular weight is 490 g/mol. The molecule has 0 saturated heterocycles. The summed E-state index contributed by atoms with van der Waals surface area (Å²) in [6.45, 7) is 6.94. The van der Waals surface area contributed by atoms with Gasteiger partial charge in [-0.15, -0.1) is 0 Å². The molecular formula is C25H36ClN5O3. The van der Waals surface area contributed by atoms with Gasteiger partial charge in [-0.1, -0.05) is 30.9 Å². The lowest BCUT2D eigenvalue weighted by molar-refractivity contribution is -0.122. The molecule has 1 aliphatic rings. The predicted octanol–water partition coefficient (Wildman–Crippen LogP) is 3.62. The van der Waals surface area contributed by atoms with E-state index in [1.165, 1.54) is 20.0 Å². The van der Waals surface area contributed by atoms with E-state index in [0.29, 0.717) is 36.8 Å². The first kappa shape index (κ1) is 26.2. The van der Waals surface area contributed by atoms with Crippen LogP contribution in [0, 0.1) is 13.8 Å². The van der Waals surface area contributed by atoms with Crippen molar-refractivity contribution in [3.05, 3.63) is 45.7 Å². The number of aryl methyl sites for hydroxylation is 1. The minimum atomic E-state index is -0.156. The first-order chi connectivity index (χ1) is 16.4. The number of carbonyl (C=O) groups excluding carboxylic acids is 2. The monoisotopic (exact) mass is 489 g/mol. The molecule has 0 saturated carbocycles. The van der Waals surface area contributed by atoms with Gasteiger partial charge in [-0.05, 0) is 57.0 Å². The molecule has 3 rings (SSSR count). The van der Waals surface area contributed by atoms with Crippen molar-refractivity contribution >= 4 is 29.1 Å². The van der Waals surface area contributed by atoms with Crippen molar-refractivity contribution in [1.29, 1.82) is 0 Å². The van der Waals surface area contributed by atoms with Crippen molar-refractivity contribution in [1.82, 2.24) is 20.4 Å². The molecule has 1 aromatic heterocycles. The van der Waals surface area contributed by atoms with E-state index in [-0.39, 0.29) is 18.4 Å². The molecule has 1 aliphatic heterocycles. The molecule has 2 heterocycles. The molecule has 2 N–H and O–H groups in total. The SMILES string of the molecule is COCC(=O)N1CCCCCCCNCc2cc(C(=O)NCCn3nc(C)c(Cl)c3C)ccc21. The second-order valence-electron chi connectivity index (χ2n) is 8.73. The first-order valence-electron chi connectivity index (χ1n) is 12.0. The summed E-state index contributed by atoms with van der Waals surface area (Å²) in [5, 5.41) is 11.5. The number of ether oxygens (including phenoxy) is 1. The number of hydrogen-bond acceptors (Lipinski definition) is 5. The number of carbonyl (C=O) groups is 2. The van der Waals surface area contributed by atoms with Crippen molar-refractivity contribution in [2.45, 2.75) is 59.0 Å². The molecule has 0 spiro atoms. The van der Waals surface area contributed by atoms with Crippen LogP contribution in [-0.4, -0.2) is 54.9 Å². The van der Waals surface area contributed by atoms with Gasteiger partial charge in [-0.3, -0.25) is 14.3 Å². The smallest absolute Gasteiger partial charge is 0.252 e. The van der Waals surface area contributed by atoms with Crippen LogP contribution in [0.15, 0.2) is 18.2 Å². The van der Waals surface area contributed by atoms with Gasteiger partial charge in [0.1, 0.15) is 6.61 Å². The van der Waals surface area contributed by atoms with Crippen LogP contribution in [0.1, 0.15) is 59.4 Å². The Kier molecular flexibility index (Phi) is 9.92. The van der Waals surface area contributed by atoms with Crippen LogP contribution in [0.4, 0.5) is 5.69 Å². The second kappa shape index (κ2) is 12.9. The number of halogens is 1. The molecule has 0 unspecified atom stereocenters. The van der Waals surface area contributed by atoms with E-state index in [4.69, 9.17) is 16.3 Å². The van der Waals surface area contributed by atoms with E-state index in [1.807, 2.05) is 26.0 Å². The van der Waals surface area contributed by atoms with E-state index in [1.54, 1.807) is 15.6 Å². The molecule has 8 nitrogen and oxygen atoms in total. The number of aromatic nitrogens is 2. The van der Waals surface area contributed by atoms with Gasteiger partial charge in [0.15, 0.2) is 0 Å². The minimum Gasteiger partial charge on any atom is -0.375 e. The standard InChI is InChI=1S/C25H36ClN5O3/c1-18-24(26)19(2)31(29-18)14-12-28-25(33)20-9-10-22-21(15-20)16-27-11-7-5-4-6-8-13-30(22)23(32)17-34-3/h9-10,15,27H,4-8,11-14,16-17H2,1-3H3,(H,28,33). The number of fused-ring (bicyclic) bond motifs is 1. The molecule has 34 heavy (non-hydrogen) atoms. The maximum atomic E-state index is 12.9. The Hall–Kier alpha value is -2.42. The zero-order valence-electron chi connectivity index (χ0n) is 20.5. The van der Waals surface area contributed by atoms with E-state index >= 15 is 0 Å². The third-order valence-corrected chi connectivity index (χ3v) is 6.70. The lowest BCUT2D eigenvalue weighted by atomic mass is 10.0. The molecular weight excluding hydrogens is 454 g/mol. The Morgan fingerprint density at radius 2 is 1.94 bits per heavy atom. The van der Waals surface area contributed by atoms with Crippen LogP contribution in [0.3, 0.4) is 0 Å². The summed E-state index contributed by atoms with van der Waals surface area (Å²) in [7, 11) is 1.53. The summed E-state index contributed by atoms with van der Waals surface area (Å²) >= 11 is 6.21. The van der Waals surface area contributed by atoms with Gasteiger partial charge in [0.25, 0.3) is 11.8 Å². The molecule has 0 radical (unpaired) electrons. The van der Waals surface area contributed by atoms with Gasteiger partial charge in [0.2, 0.25) is 0 Å². The molecule has 2 aromatic rings. The Bertz CT molecular complexity index is 991. The fourth-order valence-electron chi connectivity index (χ4n) is 4.26. The maximum Gasteiger partial charge on any atom is 0.252 e. The van der Waals surface area contributed by atoms with E-state index in [9.17, 15) is 9.59 Å². The van der Waals surface area contributed by atoms with Gasteiger partial charge in [0.05, 0.1) is 23.0 Å². The zero-order chi connectivity index (χ0) is 24.5. The van der Waals surface area contributed by atoms with Crippen molar-refractivity contribution in [3.8, 4) is 0 Å². The van der Waals surface area contributed by atoms with Gasteiger partial charge >= 0.3 is 0 Å². The third-order valence-electron chi connectivity index (χ3n) is 6.15. The molecule has 2 amide bonds. The highest BCUT2D eigenvalue weighted by molar-refractivity contribution is 6.31. The molecule has 0 aliphatic carbocycles. The Morgan fingerprint density at radius 1 is 1.18 bits per heavy atom. The topological polar surface area (TPSA) is 88.5 Å². The number of amides is 2. The number of rotatable bonds is 6. The number of anilines is 1. The largest absolute Gasteiger partial charge is 0.375 e. The van der Waals surface area contributed by atoms with Crippen molar-refractivity contribution < 1.29 is 14.3 Å². The quantitative estimate of drug-likeness (QED) is 0.647. The van der Waals surface area contributed by atoms with Crippen molar-refractivity contribution in [2.75, 3.05) is 38.3 Å². The summed E-state index contributed by atoms with van der Waals surface area (Å²) in [6, 6.07) is 5.55. The highest BCUT2D eigenvalue weighted by Gasteiger charge is 2.20. The predicted molar refractivity (Wildman–Crippen MR) is 135 cm³/mol. The van der Waals surface area contributed by atoms with Crippen LogP contribution >= 0.6 is 11.6 Å². The van der Waals surface area contributed by atoms with E-state index in [2.05, 4.69) is 15.7 Å². The number of nitrogens with one attached hydrogen (secondary N) is 2. The van der Waals surface area contributed by atoms with Crippen molar-refractivity contribution in [2.24, 2.45) is 0 Å². The summed E-state index contributed by atoms with van der Waals surface area (Å²) in [5.74, 6) is -0.224. The van der Waals surface area contributed by atoms with Gasteiger partial charge in [-0.25, -0.2) is 0 Å². The highest BCUT2D eigenvalue weighted by atomic mass is 35.5. The molecule has 1 aromatic carbocycles. The van der Waals surface area contributed by atoms with Crippen LogP contribution in [0.5, 0.6) is 0 Å². The number of methoxy groups -OCH3 is 1. The van der Waals surface area contributed by atoms with Gasteiger partial charge in [0, 0.05) is 38.0 Å². The van der Waals surface area contributed by atoms with Crippen LogP contribution in [-0.2, 0) is 22.6 Å². The van der Waals surface area contributed by atoms with E-state index < -0.39 is 0 Å². The average Bonchev–Trinajstić information content (AvgIpc) is 3.06. The normalized spacial score (nSPS) is 15.2. The van der Waals surface area contributed by atoms with Crippen LogP contribution in [0.2, 0.25) is 5.02 Å². The molecule has 0 bridgehead atoms. The lowest BCUT2D eigenvalue weighted by Crippen LogP contribution is -2.36. The number of nitrogens with zero attached hydrogens (tertiary/aromatic N) is 3. The van der Waals surface area contributed by atoms with Crippen LogP contribution < -0.4 is 15.5 Å². The Labute approximate surface area is 207 Å². The minimum absolute atomic E-state index is 0.0332.